The van der Waals surface area contributed by atoms with Crippen molar-refractivity contribution < 1.29 is 9.66 Å². The molecule has 0 saturated carbocycles. The lowest BCUT2D eigenvalue weighted by molar-refractivity contribution is -0.386. The number of aromatic nitrogens is 2. The topological polar surface area (TPSA) is 70.2 Å². The van der Waals surface area contributed by atoms with E-state index in [0.29, 0.717) is 5.69 Å². The summed E-state index contributed by atoms with van der Waals surface area (Å²) in [6, 6.07) is 0.0811. The summed E-state index contributed by atoms with van der Waals surface area (Å²) in [6.45, 7) is 5.47. The molecule has 0 fully saturated rings. The Kier molecular flexibility index (Phi) is 2.73. The van der Waals surface area contributed by atoms with E-state index >= 15 is 0 Å². The monoisotopic (exact) mass is 199 g/mol. The van der Waals surface area contributed by atoms with Crippen LogP contribution in [0.5, 0.6) is 5.88 Å². The van der Waals surface area contributed by atoms with Crippen LogP contribution in [0, 0.1) is 17.0 Å². The van der Waals surface area contributed by atoms with Crippen LogP contribution in [0.2, 0.25) is 0 Å². The van der Waals surface area contributed by atoms with Crippen molar-refractivity contribution >= 4 is 5.69 Å². The van der Waals surface area contributed by atoms with Gasteiger partial charge in [0.15, 0.2) is 0 Å². The molecule has 0 aromatic carbocycles. The zero-order valence-corrected chi connectivity index (χ0v) is 8.64. The molecule has 6 heteroatoms. The first-order chi connectivity index (χ1) is 6.49. The van der Waals surface area contributed by atoms with Crippen LogP contribution in [-0.4, -0.2) is 21.8 Å². The molecule has 0 aliphatic rings. The maximum Gasteiger partial charge on any atom is 0.352 e. The number of hydrogen-bond acceptors (Lipinski definition) is 4. The van der Waals surface area contributed by atoms with E-state index in [-0.39, 0.29) is 17.6 Å². The van der Waals surface area contributed by atoms with Gasteiger partial charge in [0.2, 0.25) is 0 Å². The van der Waals surface area contributed by atoms with Crippen molar-refractivity contribution in [2.75, 3.05) is 7.11 Å². The highest BCUT2D eigenvalue weighted by molar-refractivity contribution is 5.45. The van der Waals surface area contributed by atoms with Crippen molar-refractivity contribution in [2.45, 2.75) is 26.8 Å². The van der Waals surface area contributed by atoms with Crippen molar-refractivity contribution in [2.24, 2.45) is 0 Å². The van der Waals surface area contributed by atoms with Crippen LogP contribution in [0.3, 0.4) is 0 Å². The summed E-state index contributed by atoms with van der Waals surface area (Å²) in [6.07, 6.45) is 0. The number of hydrogen-bond donors (Lipinski definition) is 0. The molecule has 1 aromatic heterocycles. The van der Waals surface area contributed by atoms with Crippen LogP contribution in [0.1, 0.15) is 25.6 Å². The molecule has 0 aliphatic heterocycles. The SMILES string of the molecule is COc1nn(C(C)C)c(C)c1[N+](=O)[O-]. The lowest BCUT2D eigenvalue weighted by Gasteiger charge is -2.05. The Morgan fingerprint density at radius 2 is 2.14 bits per heavy atom. The molecule has 6 nitrogen and oxygen atoms in total. The zero-order valence-electron chi connectivity index (χ0n) is 8.64. The molecule has 0 atom stereocenters. The largest absolute Gasteiger partial charge is 0.475 e. The normalized spacial score (nSPS) is 10.6. The molecule has 0 radical (unpaired) electrons. The van der Waals surface area contributed by atoms with Gasteiger partial charge in [-0.05, 0) is 20.8 Å². The summed E-state index contributed by atoms with van der Waals surface area (Å²) < 4.78 is 6.42. The molecule has 1 heterocycles. The van der Waals surface area contributed by atoms with Crippen molar-refractivity contribution in [1.82, 2.24) is 9.78 Å². The minimum absolute atomic E-state index is 0.0544. The predicted octanol–water partition coefficient (Wildman–Crippen LogP) is 1.69. The Balaban J connectivity index is 3.33. The van der Waals surface area contributed by atoms with Gasteiger partial charge in [-0.3, -0.25) is 14.8 Å². The van der Waals surface area contributed by atoms with E-state index in [0.717, 1.165) is 0 Å². The van der Waals surface area contributed by atoms with E-state index in [1.807, 2.05) is 13.8 Å². The fraction of sp³-hybridized carbons (Fsp3) is 0.625. The van der Waals surface area contributed by atoms with Crippen LogP contribution in [0.25, 0.3) is 0 Å². The van der Waals surface area contributed by atoms with Crippen LogP contribution < -0.4 is 4.74 Å². The summed E-state index contributed by atoms with van der Waals surface area (Å²) in [4.78, 5) is 10.2. The molecule has 0 saturated heterocycles. The minimum Gasteiger partial charge on any atom is -0.475 e. The second kappa shape index (κ2) is 3.65. The third-order valence-corrected chi connectivity index (χ3v) is 1.95. The molecule has 1 aromatic rings. The Morgan fingerprint density at radius 1 is 1.57 bits per heavy atom. The van der Waals surface area contributed by atoms with E-state index in [1.165, 1.54) is 7.11 Å². The van der Waals surface area contributed by atoms with Gasteiger partial charge >= 0.3 is 11.6 Å². The maximum atomic E-state index is 10.7. The quantitative estimate of drug-likeness (QED) is 0.548. The Labute approximate surface area is 81.6 Å². The van der Waals surface area contributed by atoms with Crippen molar-refractivity contribution in [1.29, 1.82) is 0 Å². The fourth-order valence-electron chi connectivity index (χ4n) is 1.33. The van der Waals surface area contributed by atoms with Gasteiger partial charge in [0, 0.05) is 6.04 Å². The second-order valence-electron chi connectivity index (χ2n) is 3.24. The summed E-state index contributed by atoms with van der Waals surface area (Å²) in [5.74, 6) is 0.0706. The Hall–Kier alpha value is -1.59. The smallest absolute Gasteiger partial charge is 0.352 e. The third-order valence-electron chi connectivity index (χ3n) is 1.95. The number of nitro groups is 1. The van der Waals surface area contributed by atoms with Crippen LogP contribution in [0.4, 0.5) is 5.69 Å². The molecule has 14 heavy (non-hydrogen) atoms. The van der Waals surface area contributed by atoms with Crippen molar-refractivity contribution in [3.63, 3.8) is 0 Å². The molecule has 0 unspecified atom stereocenters. The fourth-order valence-corrected chi connectivity index (χ4v) is 1.33. The van der Waals surface area contributed by atoms with Gasteiger partial charge in [0.1, 0.15) is 5.69 Å². The second-order valence-corrected chi connectivity index (χ2v) is 3.24. The van der Waals surface area contributed by atoms with Crippen LogP contribution in [0.15, 0.2) is 0 Å². The molecular weight excluding hydrogens is 186 g/mol. The first-order valence-corrected chi connectivity index (χ1v) is 4.26. The summed E-state index contributed by atoms with van der Waals surface area (Å²) in [5, 5.41) is 14.7. The Morgan fingerprint density at radius 3 is 2.43 bits per heavy atom. The van der Waals surface area contributed by atoms with E-state index < -0.39 is 4.92 Å². The van der Waals surface area contributed by atoms with Gasteiger partial charge in [-0.15, -0.1) is 5.10 Å². The van der Waals surface area contributed by atoms with E-state index in [2.05, 4.69) is 5.10 Å². The number of nitrogens with zero attached hydrogens (tertiary/aromatic N) is 3. The first-order valence-electron chi connectivity index (χ1n) is 4.26. The number of rotatable bonds is 3. The molecule has 0 spiro atoms. The van der Waals surface area contributed by atoms with Gasteiger partial charge < -0.3 is 4.74 Å². The van der Waals surface area contributed by atoms with E-state index in [4.69, 9.17) is 4.74 Å². The van der Waals surface area contributed by atoms with Crippen LogP contribution in [-0.2, 0) is 0 Å². The first kappa shape index (κ1) is 10.5. The summed E-state index contributed by atoms with van der Waals surface area (Å²) >= 11 is 0. The zero-order chi connectivity index (χ0) is 10.9. The van der Waals surface area contributed by atoms with Gasteiger partial charge in [0.25, 0.3) is 0 Å². The van der Waals surface area contributed by atoms with Gasteiger partial charge in [-0.2, -0.15) is 0 Å². The highest BCUT2D eigenvalue weighted by Crippen LogP contribution is 2.30. The molecular formula is C8H13N3O3. The van der Waals surface area contributed by atoms with Gasteiger partial charge in [-0.25, -0.2) is 0 Å². The highest BCUT2D eigenvalue weighted by Gasteiger charge is 2.26. The number of methoxy groups -OCH3 is 1. The molecule has 1 rings (SSSR count). The van der Waals surface area contributed by atoms with Gasteiger partial charge in [0.05, 0.1) is 12.0 Å². The average Bonchev–Trinajstić information content (AvgIpc) is 2.42. The predicted molar refractivity (Wildman–Crippen MR) is 50.6 cm³/mol. The van der Waals surface area contributed by atoms with Gasteiger partial charge in [-0.1, -0.05) is 0 Å². The molecule has 78 valence electrons. The lowest BCUT2D eigenvalue weighted by Crippen LogP contribution is -2.05. The lowest BCUT2D eigenvalue weighted by atomic mass is 10.3. The Bertz CT molecular complexity index is 357. The summed E-state index contributed by atoms with van der Waals surface area (Å²) in [7, 11) is 1.37. The number of ether oxygens (including phenoxy) is 1. The van der Waals surface area contributed by atoms with E-state index in [1.54, 1.807) is 11.6 Å². The van der Waals surface area contributed by atoms with Crippen molar-refractivity contribution in [3.8, 4) is 5.88 Å². The summed E-state index contributed by atoms with van der Waals surface area (Å²) in [5.41, 5.74) is 0.461. The third kappa shape index (κ3) is 1.55. The molecule has 0 aliphatic carbocycles. The average molecular weight is 199 g/mol. The van der Waals surface area contributed by atoms with Crippen LogP contribution >= 0.6 is 0 Å². The molecule has 0 N–H and O–H groups in total. The highest BCUT2D eigenvalue weighted by atomic mass is 16.6. The maximum absolute atomic E-state index is 10.7. The molecule has 0 amide bonds. The molecule has 0 bridgehead atoms. The standard InChI is InChI=1S/C8H13N3O3/c1-5(2)10-6(3)7(11(12)13)8(9-10)14-4/h5H,1-4H3. The van der Waals surface area contributed by atoms with Crippen molar-refractivity contribution in [3.05, 3.63) is 15.8 Å². The minimum atomic E-state index is -0.472. The van der Waals surface area contributed by atoms with E-state index in [9.17, 15) is 10.1 Å².